The minimum absolute atomic E-state index is 0.0417. The molecule has 2 atom stereocenters. The van der Waals surface area contributed by atoms with Crippen molar-refractivity contribution in [3.8, 4) is 0 Å². The summed E-state index contributed by atoms with van der Waals surface area (Å²) in [5.41, 5.74) is 0. The molecule has 1 fully saturated rings. The van der Waals surface area contributed by atoms with Crippen molar-refractivity contribution >= 4 is 50.7 Å². The number of amides is 2. The normalized spacial score (nSPS) is 24.2. The third-order valence-electron chi connectivity index (χ3n) is 3.12. The molecule has 1 aromatic heterocycles. The van der Waals surface area contributed by atoms with Crippen LogP contribution in [0, 0.1) is 5.92 Å². The number of hydrogen-bond acceptors (Lipinski definition) is 3. The molecule has 3 nitrogen and oxygen atoms in total. The zero-order valence-electron chi connectivity index (χ0n) is 9.83. The van der Waals surface area contributed by atoms with Crippen LogP contribution in [0.25, 0.3) is 0 Å². The third-order valence-corrected chi connectivity index (χ3v) is 5.73. The van der Waals surface area contributed by atoms with Crippen molar-refractivity contribution in [2.45, 2.75) is 32.1 Å². The summed E-state index contributed by atoms with van der Waals surface area (Å²) in [6, 6.07) is 1.92. The van der Waals surface area contributed by atoms with Gasteiger partial charge in [0.15, 0.2) is 0 Å². The van der Waals surface area contributed by atoms with E-state index in [1.54, 1.807) is 0 Å². The van der Waals surface area contributed by atoms with Gasteiger partial charge in [0, 0.05) is 27.6 Å². The SMILES string of the molecule is CCCC1C(=O)NC(=O)CC1c1cc(Br)c(Cl)s1. The summed E-state index contributed by atoms with van der Waals surface area (Å²) in [4.78, 5) is 24.4. The second-order valence-corrected chi connectivity index (χ2v) is 6.93. The maximum Gasteiger partial charge on any atom is 0.230 e. The van der Waals surface area contributed by atoms with Gasteiger partial charge in [0.2, 0.25) is 11.8 Å². The van der Waals surface area contributed by atoms with Crippen LogP contribution in [0.2, 0.25) is 4.34 Å². The van der Waals surface area contributed by atoms with Crippen LogP contribution in [0.15, 0.2) is 10.5 Å². The number of thiophene rings is 1. The maximum absolute atomic E-state index is 11.9. The van der Waals surface area contributed by atoms with Crippen molar-refractivity contribution in [1.29, 1.82) is 0 Å². The van der Waals surface area contributed by atoms with Crippen molar-refractivity contribution < 1.29 is 9.59 Å². The van der Waals surface area contributed by atoms with Crippen LogP contribution in [-0.2, 0) is 9.59 Å². The Labute approximate surface area is 123 Å². The lowest BCUT2D eigenvalue weighted by Gasteiger charge is -2.29. The third kappa shape index (κ3) is 2.78. The first kappa shape index (κ1) is 14.0. The zero-order chi connectivity index (χ0) is 13.3. The number of piperidine rings is 1. The number of carbonyl (C=O) groups excluding carboxylic acids is 2. The Morgan fingerprint density at radius 2 is 2.28 bits per heavy atom. The van der Waals surface area contributed by atoms with Gasteiger partial charge in [-0.2, -0.15) is 0 Å². The molecule has 2 unspecified atom stereocenters. The molecular formula is C12H13BrClNO2S. The standard InChI is InChI=1S/C12H13BrClNO2S/c1-2-3-6-7(4-10(16)15-12(6)17)9-5-8(13)11(14)18-9/h5-7H,2-4H2,1H3,(H,15,16,17). The average molecular weight is 351 g/mol. The fraction of sp³-hybridized carbons (Fsp3) is 0.500. The van der Waals surface area contributed by atoms with Gasteiger partial charge in [-0.25, -0.2) is 0 Å². The molecule has 1 aromatic rings. The number of nitrogens with one attached hydrogen (secondary N) is 1. The van der Waals surface area contributed by atoms with Gasteiger partial charge in [-0.1, -0.05) is 24.9 Å². The second kappa shape index (κ2) is 5.72. The van der Waals surface area contributed by atoms with E-state index in [-0.39, 0.29) is 23.7 Å². The van der Waals surface area contributed by atoms with Gasteiger partial charge in [0.25, 0.3) is 0 Å². The predicted molar refractivity (Wildman–Crippen MR) is 75.9 cm³/mol. The molecule has 1 aliphatic heterocycles. The Morgan fingerprint density at radius 1 is 1.56 bits per heavy atom. The van der Waals surface area contributed by atoms with Gasteiger partial charge in [0.1, 0.15) is 4.34 Å². The first-order valence-electron chi connectivity index (χ1n) is 5.81. The summed E-state index contributed by atoms with van der Waals surface area (Å²) in [6.45, 7) is 2.04. The Balaban J connectivity index is 2.31. The Kier molecular flexibility index (Phi) is 4.45. The molecule has 2 rings (SSSR count). The molecule has 1 saturated heterocycles. The lowest BCUT2D eigenvalue weighted by Crippen LogP contribution is -2.44. The summed E-state index contributed by atoms with van der Waals surface area (Å²) in [6.07, 6.45) is 2.07. The smallest absolute Gasteiger partial charge is 0.230 e. The van der Waals surface area contributed by atoms with Gasteiger partial charge in [-0.3, -0.25) is 14.9 Å². The number of carbonyl (C=O) groups is 2. The van der Waals surface area contributed by atoms with Crippen molar-refractivity contribution in [1.82, 2.24) is 5.32 Å². The average Bonchev–Trinajstić information content (AvgIpc) is 2.63. The van der Waals surface area contributed by atoms with Gasteiger partial charge < -0.3 is 0 Å². The van der Waals surface area contributed by atoms with E-state index in [0.717, 1.165) is 22.2 Å². The van der Waals surface area contributed by atoms with Crippen molar-refractivity contribution in [3.05, 3.63) is 19.8 Å². The molecule has 0 aromatic carbocycles. The van der Waals surface area contributed by atoms with E-state index < -0.39 is 0 Å². The molecule has 98 valence electrons. The fourth-order valence-electron chi connectivity index (χ4n) is 2.29. The Morgan fingerprint density at radius 3 is 2.83 bits per heavy atom. The van der Waals surface area contributed by atoms with E-state index in [0.29, 0.717) is 10.8 Å². The largest absolute Gasteiger partial charge is 0.296 e. The molecule has 0 saturated carbocycles. The first-order chi connectivity index (χ1) is 8.52. The molecule has 1 N–H and O–H groups in total. The van der Waals surface area contributed by atoms with Crippen molar-refractivity contribution in [3.63, 3.8) is 0 Å². The fourth-order valence-corrected chi connectivity index (χ4v) is 4.20. The van der Waals surface area contributed by atoms with Crippen LogP contribution in [0.3, 0.4) is 0 Å². The van der Waals surface area contributed by atoms with Gasteiger partial charge in [-0.05, 0) is 28.4 Å². The molecule has 18 heavy (non-hydrogen) atoms. The highest BCUT2D eigenvalue weighted by atomic mass is 79.9. The van der Waals surface area contributed by atoms with Crippen LogP contribution in [-0.4, -0.2) is 11.8 Å². The number of rotatable bonds is 3. The highest BCUT2D eigenvalue weighted by molar-refractivity contribution is 9.10. The molecule has 2 heterocycles. The highest BCUT2D eigenvalue weighted by Crippen LogP contribution is 2.42. The Bertz CT molecular complexity index is 469. The molecule has 1 aliphatic rings. The van der Waals surface area contributed by atoms with E-state index in [2.05, 4.69) is 21.2 Å². The summed E-state index contributed by atoms with van der Waals surface area (Å²) < 4.78 is 1.50. The lowest BCUT2D eigenvalue weighted by atomic mass is 9.81. The monoisotopic (exact) mass is 349 g/mol. The topological polar surface area (TPSA) is 46.2 Å². The van der Waals surface area contributed by atoms with Crippen LogP contribution in [0.4, 0.5) is 0 Å². The Hall–Kier alpha value is -0.390. The lowest BCUT2D eigenvalue weighted by molar-refractivity contribution is -0.137. The minimum Gasteiger partial charge on any atom is -0.296 e. The van der Waals surface area contributed by atoms with Crippen molar-refractivity contribution in [2.75, 3.05) is 0 Å². The van der Waals surface area contributed by atoms with E-state index in [1.807, 2.05) is 13.0 Å². The summed E-state index contributed by atoms with van der Waals surface area (Å²) in [5.74, 6) is -0.522. The van der Waals surface area contributed by atoms with E-state index in [9.17, 15) is 9.59 Å². The molecular weight excluding hydrogens is 338 g/mol. The molecule has 0 aliphatic carbocycles. The van der Waals surface area contributed by atoms with Crippen LogP contribution in [0.5, 0.6) is 0 Å². The molecule has 6 heteroatoms. The van der Waals surface area contributed by atoms with Crippen LogP contribution in [0.1, 0.15) is 37.0 Å². The van der Waals surface area contributed by atoms with Crippen molar-refractivity contribution in [2.24, 2.45) is 5.92 Å². The molecule has 2 amide bonds. The maximum atomic E-state index is 11.9. The van der Waals surface area contributed by atoms with Gasteiger partial charge in [0.05, 0.1) is 0 Å². The first-order valence-corrected chi connectivity index (χ1v) is 7.80. The van der Waals surface area contributed by atoms with E-state index >= 15 is 0 Å². The number of halogens is 2. The van der Waals surface area contributed by atoms with E-state index in [4.69, 9.17) is 11.6 Å². The summed E-state index contributed by atoms with van der Waals surface area (Å²) >= 11 is 10.8. The predicted octanol–water partition coefficient (Wildman–Crippen LogP) is 3.71. The van der Waals surface area contributed by atoms with Crippen LogP contribution < -0.4 is 5.32 Å². The zero-order valence-corrected chi connectivity index (χ0v) is 13.0. The second-order valence-electron chi connectivity index (χ2n) is 4.39. The van der Waals surface area contributed by atoms with E-state index in [1.165, 1.54) is 11.3 Å². The minimum atomic E-state index is -0.196. The van der Waals surface area contributed by atoms with Crippen LogP contribution >= 0.6 is 38.9 Å². The molecule has 0 spiro atoms. The number of imide groups is 1. The van der Waals surface area contributed by atoms with Gasteiger partial charge in [-0.15, -0.1) is 11.3 Å². The molecule has 0 bridgehead atoms. The summed E-state index contributed by atoms with van der Waals surface area (Å²) in [7, 11) is 0. The molecule has 0 radical (unpaired) electrons. The number of hydrogen-bond donors (Lipinski definition) is 1. The van der Waals surface area contributed by atoms with Gasteiger partial charge >= 0.3 is 0 Å². The highest BCUT2D eigenvalue weighted by Gasteiger charge is 2.37. The summed E-state index contributed by atoms with van der Waals surface area (Å²) in [5, 5.41) is 2.42. The quantitative estimate of drug-likeness (QED) is 0.845.